The normalized spacial score (nSPS) is 20.3. The number of rotatable bonds is 4. The summed E-state index contributed by atoms with van der Waals surface area (Å²) in [5.74, 6) is -1.01. The molecule has 1 aliphatic rings. The Labute approximate surface area is 120 Å². The van der Waals surface area contributed by atoms with Crippen molar-refractivity contribution in [3.05, 3.63) is 12.2 Å². The van der Waals surface area contributed by atoms with Gasteiger partial charge in [0.05, 0.1) is 0 Å². The van der Waals surface area contributed by atoms with Crippen LogP contribution in [-0.4, -0.2) is 40.3 Å². The fraction of sp³-hybridized carbons (Fsp3) is 0.733. The quantitative estimate of drug-likeness (QED) is 0.805. The van der Waals surface area contributed by atoms with Crippen LogP contribution in [0, 0.1) is 5.92 Å². The number of nitrogens with zero attached hydrogens (tertiary/aromatic N) is 1. The summed E-state index contributed by atoms with van der Waals surface area (Å²) in [5, 5.41) is 9.50. The highest BCUT2D eigenvalue weighted by molar-refractivity contribution is 5.80. The molecule has 1 amide bonds. The van der Waals surface area contributed by atoms with E-state index in [-0.39, 0.29) is 5.92 Å². The number of ether oxygens (including phenoxy) is 1. The van der Waals surface area contributed by atoms with Gasteiger partial charge in [-0.05, 0) is 52.9 Å². The Morgan fingerprint density at radius 1 is 1.40 bits per heavy atom. The highest BCUT2D eigenvalue weighted by Gasteiger charge is 2.37. The van der Waals surface area contributed by atoms with Gasteiger partial charge in [-0.3, -0.25) is 4.90 Å². The van der Waals surface area contributed by atoms with Crippen LogP contribution in [0.3, 0.4) is 0 Å². The molecule has 0 heterocycles. The maximum Gasteiger partial charge on any atom is 0.411 e. The zero-order valence-electron chi connectivity index (χ0n) is 12.8. The van der Waals surface area contributed by atoms with Crippen LogP contribution in [0.2, 0.25) is 0 Å². The highest BCUT2D eigenvalue weighted by atomic mass is 16.6. The van der Waals surface area contributed by atoms with Crippen LogP contribution in [0.5, 0.6) is 0 Å². The molecule has 0 aliphatic heterocycles. The molecular formula is C15H25NO4. The molecular weight excluding hydrogens is 258 g/mol. The SMILES string of the molecule is CCN(C(=O)OC(C)(C)C)C(C(=O)O)C1CC=CCC1. The molecule has 0 aromatic carbocycles. The second-order valence-electron chi connectivity index (χ2n) is 6.09. The van der Waals surface area contributed by atoms with Crippen LogP contribution < -0.4 is 0 Å². The monoisotopic (exact) mass is 283 g/mol. The van der Waals surface area contributed by atoms with Crippen LogP contribution in [0.15, 0.2) is 12.2 Å². The lowest BCUT2D eigenvalue weighted by atomic mass is 9.87. The van der Waals surface area contributed by atoms with E-state index < -0.39 is 23.7 Å². The molecule has 2 atom stereocenters. The predicted molar refractivity (Wildman–Crippen MR) is 76.5 cm³/mol. The largest absolute Gasteiger partial charge is 0.480 e. The van der Waals surface area contributed by atoms with Crippen molar-refractivity contribution in [1.29, 1.82) is 0 Å². The lowest BCUT2D eigenvalue weighted by Crippen LogP contribution is -2.51. The van der Waals surface area contributed by atoms with Crippen molar-refractivity contribution in [2.75, 3.05) is 6.54 Å². The van der Waals surface area contributed by atoms with Crippen molar-refractivity contribution in [2.45, 2.75) is 58.6 Å². The molecule has 0 aromatic heterocycles. The molecule has 5 heteroatoms. The fourth-order valence-electron chi connectivity index (χ4n) is 2.45. The van der Waals surface area contributed by atoms with E-state index in [0.29, 0.717) is 13.0 Å². The van der Waals surface area contributed by atoms with E-state index in [0.717, 1.165) is 12.8 Å². The summed E-state index contributed by atoms with van der Waals surface area (Å²) in [7, 11) is 0. The smallest absolute Gasteiger partial charge is 0.411 e. The zero-order valence-corrected chi connectivity index (χ0v) is 12.8. The summed E-state index contributed by atoms with van der Waals surface area (Å²) in [6, 6.07) is -0.820. The molecule has 114 valence electrons. The Morgan fingerprint density at radius 3 is 2.45 bits per heavy atom. The summed E-state index contributed by atoms with van der Waals surface area (Å²) in [6.07, 6.45) is 5.83. The molecule has 0 saturated carbocycles. The predicted octanol–water partition coefficient (Wildman–Crippen LogP) is 3.05. The molecule has 0 radical (unpaired) electrons. The molecule has 1 N–H and O–H groups in total. The molecule has 1 aliphatic carbocycles. The van der Waals surface area contributed by atoms with Gasteiger partial charge in [0, 0.05) is 6.54 Å². The lowest BCUT2D eigenvalue weighted by molar-refractivity contribution is -0.145. The van der Waals surface area contributed by atoms with E-state index in [1.165, 1.54) is 4.90 Å². The first-order chi connectivity index (χ1) is 9.26. The Kier molecular flexibility index (Phi) is 5.60. The molecule has 1 rings (SSSR count). The Balaban J connectivity index is 2.89. The van der Waals surface area contributed by atoms with Gasteiger partial charge in [0.25, 0.3) is 0 Å². The standard InChI is InChI=1S/C15H25NO4/c1-5-16(14(19)20-15(2,3)4)12(13(17)18)11-9-7-6-8-10-11/h6-7,11-12H,5,8-10H2,1-4H3,(H,17,18). The van der Waals surface area contributed by atoms with Gasteiger partial charge in [0.2, 0.25) is 0 Å². The number of carboxylic acid groups (broad SMARTS) is 1. The summed E-state index contributed by atoms with van der Waals surface area (Å²) in [6.45, 7) is 7.43. The van der Waals surface area contributed by atoms with Gasteiger partial charge in [-0.2, -0.15) is 0 Å². The number of hydrogen-bond acceptors (Lipinski definition) is 3. The van der Waals surface area contributed by atoms with Gasteiger partial charge >= 0.3 is 12.1 Å². The number of carbonyl (C=O) groups excluding carboxylic acids is 1. The first-order valence-corrected chi connectivity index (χ1v) is 7.13. The van der Waals surface area contributed by atoms with Crippen LogP contribution in [0.25, 0.3) is 0 Å². The van der Waals surface area contributed by atoms with Gasteiger partial charge in [-0.1, -0.05) is 12.2 Å². The molecule has 0 fully saturated rings. The molecule has 0 spiro atoms. The third-order valence-corrected chi connectivity index (χ3v) is 3.31. The Bertz CT molecular complexity index is 384. The molecule has 5 nitrogen and oxygen atoms in total. The Morgan fingerprint density at radius 2 is 2.05 bits per heavy atom. The number of likely N-dealkylation sites (N-methyl/N-ethyl adjacent to an activating group) is 1. The topological polar surface area (TPSA) is 66.8 Å². The number of carbonyl (C=O) groups is 2. The summed E-state index contributed by atoms with van der Waals surface area (Å²) < 4.78 is 5.32. The zero-order chi connectivity index (χ0) is 15.3. The van der Waals surface area contributed by atoms with Gasteiger partial charge < -0.3 is 9.84 Å². The molecule has 0 bridgehead atoms. The van der Waals surface area contributed by atoms with E-state index in [1.54, 1.807) is 27.7 Å². The van der Waals surface area contributed by atoms with Crippen LogP contribution in [0.1, 0.15) is 47.0 Å². The van der Waals surface area contributed by atoms with Crippen LogP contribution >= 0.6 is 0 Å². The van der Waals surface area contributed by atoms with E-state index in [4.69, 9.17) is 4.74 Å². The second kappa shape index (κ2) is 6.77. The van der Waals surface area contributed by atoms with Gasteiger partial charge in [-0.25, -0.2) is 9.59 Å². The van der Waals surface area contributed by atoms with Crippen molar-refractivity contribution < 1.29 is 19.4 Å². The average molecular weight is 283 g/mol. The van der Waals surface area contributed by atoms with Crippen LogP contribution in [0.4, 0.5) is 4.79 Å². The molecule has 20 heavy (non-hydrogen) atoms. The molecule has 2 unspecified atom stereocenters. The first kappa shape index (κ1) is 16.5. The summed E-state index contributed by atoms with van der Waals surface area (Å²) >= 11 is 0. The minimum absolute atomic E-state index is 0.0510. The number of allylic oxidation sites excluding steroid dienone is 2. The average Bonchev–Trinajstić information content (AvgIpc) is 2.33. The minimum Gasteiger partial charge on any atom is -0.480 e. The van der Waals surface area contributed by atoms with Crippen molar-refractivity contribution in [3.8, 4) is 0 Å². The van der Waals surface area contributed by atoms with E-state index in [9.17, 15) is 14.7 Å². The maximum absolute atomic E-state index is 12.2. The number of carboxylic acids is 1. The van der Waals surface area contributed by atoms with E-state index in [2.05, 4.69) is 6.08 Å². The van der Waals surface area contributed by atoms with Crippen LogP contribution in [-0.2, 0) is 9.53 Å². The third-order valence-electron chi connectivity index (χ3n) is 3.31. The van der Waals surface area contributed by atoms with Crippen molar-refractivity contribution in [3.63, 3.8) is 0 Å². The second-order valence-corrected chi connectivity index (χ2v) is 6.09. The van der Waals surface area contributed by atoms with Crippen molar-refractivity contribution >= 4 is 12.1 Å². The summed E-state index contributed by atoms with van der Waals surface area (Å²) in [4.78, 5) is 25.1. The number of amides is 1. The van der Waals surface area contributed by atoms with Gasteiger partial charge in [0.15, 0.2) is 0 Å². The van der Waals surface area contributed by atoms with Gasteiger partial charge in [0.1, 0.15) is 11.6 Å². The highest BCUT2D eigenvalue weighted by Crippen LogP contribution is 2.26. The van der Waals surface area contributed by atoms with E-state index >= 15 is 0 Å². The number of aliphatic carboxylic acids is 1. The molecule has 0 aromatic rings. The summed E-state index contributed by atoms with van der Waals surface area (Å²) in [5.41, 5.74) is -0.625. The lowest BCUT2D eigenvalue weighted by Gasteiger charge is -2.35. The third kappa shape index (κ3) is 4.54. The molecule has 0 saturated heterocycles. The van der Waals surface area contributed by atoms with Crippen molar-refractivity contribution in [2.24, 2.45) is 5.92 Å². The first-order valence-electron chi connectivity index (χ1n) is 7.13. The van der Waals surface area contributed by atoms with E-state index in [1.807, 2.05) is 6.08 Å². The number of hydrogen-bond donors (Lipinski definition) is 1. The van der Waals surface area contributed by atoms with Crippen molar-refractivity contribution in [1.82, 2.24) is 4.90 Å². The minimum atomic E-state index is -0.960. The Hall–Kier alpha value is -1.52. The fourth-order valence-corrected chi connectivity index (χ4v) is 2.45. The van der Waals surface area contributed by atoms with Gasteiger partial charge in [-0.15, -0.1) is 0 Å². The maximum atomic E-state index is 12.2.